The van der Waals surface area contributed by atoms with Gasteiger partial charge < -0.3 is 10.1 Å². The van der Waals surface area contributed by atoms with Crippen LogP contribution >= 0.6 is 0 Å². The lowest BCUT2D eigenvalue weighted by Crippen LogP contribution is -1.98. The highest BCUT2D eigenvalue weighted by Gasteiger charge is 1.98. The number of rotatable bonds is 1. The monoisotopic (exact) mass is 218 g/mol. The average Bonchev–Trinajstić information content (AvgIpc) is 2.32. The number of aromatic amines is 1. The predicted molar refractivity (Wildman–Crippen MR) is 58.3 cm³/mol. The molecule has 0 atom stereocenters. The lowest BCUT2D eigenvalue weighted by atomic mass is 10.4. The van der Waals surface area contributed by atoms with Crippen LogP contribution in [0.4, 0.5) is 0 Å². The molecule has 2 N–H and O–H groups in total. The average molecular weight is 218 g/mol. The molecule has 5 nitrogen and oxygen atoms in total. The Morgan fingerprint density at radius 3 is 2.25 bits per heavy atom. The van der Waals surface area contributed by atoms with Gasteiger partial charge >= 0.3 is 5.97 Å². The Morgan fingerprint density at radius 2 is 1.94 bits per heavy atom. The van der Waals surface area contributed by atoms with Crippen molar-refractivity contribution in [3.8, 4) is 0 Å². The van der Waals surface area contributed by atoms with Gasteiger partial charge in [0.25, 0.3) is 0 Å². The number of hydrogen-bond acceptors (Lipinski definition) is 3. The van der Waals surface area contributed by atoms with E-state index in [1.165, 1.54) is 18.3 Å². The first-order valence-corrected chi connectivity index (χ1v) is 4.48. The molecule has 2 rings (SSSR count). The van der Waals surface area contributed by atoms with Crippen molar-refractivity contribution in [3.05, 3.63) is 64.8 Å². The summed E-state index contributed by atoms with van der Waals surface area (Å²) in [6.45, 7) is 0. The van der Waals surface area contributed by atoms with Crippen molar-refractivity contribution in [2.45, 2.75) is 0 Å². The maximum Gasteiger partial charge on any atom is 0.354 e. The topological polar surface area (TPSA) is 83.0 Å². The van der Waals surface area contributed by atoms with Crippen molar-refractivity contribution < 1.29 is 9.90 Å². The predicted octanol–water partition coefficient (Wildman–Crippen LogP) is 1.15. The Balaban J connectivity index is 0.000000165. The molecule has 0 spiro atoms. The molecular weight excluding hydrogens is 208 g/mol. The summed E-state index contributed by atoms with van der Waals surface area (Å²) in [7, 11) is 0. The lowest BCUT2D eigenvalue weighted by Gasteiger charge is -1.87. The second-order valence-corrected chi connectivity index (χ2v) is 2.75. The normalized spacial score (nSPS) is 8.75. The SMILES string of the molecule is O=C(O)c1ccccn1.O=c1cccc[nH]1. The van der Waals surface area contributed by atoms with Crippen LogP contribution in [-0.4, -0.2) is 21.0 Å². The zero-order chi connectivity index (χ0) is 11.8. The molecule has 0 unspecified atom stereocenters. The van der Waals surface area contributed by atoms with Crippen molar-refractivity contribution in [1.82, 2.24) is 9.97 Å². The second-order valence-electron chi connectivity index (χ2n) is 2.75. The van der Waals surface area contributed by atoms with Crippen molar-refractivity contribution in [3.63, 3.8) is 0 Å². The summed E-state index contributed by atoms with van der Waals surface area (Å²) in [5.41, 5.74) is 0.0278. The second kappa shape index (κ2) is 6.13. The summed E-state index contributed by atoms with van der Waals surface area (Å²) in [5.74, 6) is -0.990. The number of nitrogens with one attached hydrogen (secondary N) is 1. The van der Waals surface area contributed by atoms with Crippen LogP contribution in [0, 0.1) is 0 Å². The number of carbonyl (C=O) groups is 1. The third-order valence-electron chi connectivity index (χ3n) is 1.56. The van der Waals surface area contributed by atoms with Crippen LogP contribution in [-0.2, 0) is 0 Å². The first kappa shape index (κ1) is 11.6. The number of carboxylic acid groups (broad SMARTS) is 1. The third kappa shape index (κ3) is 4.19. The van der Waals surface area contributed by atoms with E-state index in [4.69, 9.17) is 5.11 Å². The molecule has 0 amide bonds. The van der Waals surface area contributed by atoms with Gasteiger partial charge in [0.15, 0.2) is 0 Å². The zero-order valence-electron chi connectivity index (χ0n) is 8.33. The molecule has 2 aromatic rings. The number of aromatic nitrogens is 2. The Bertz CT molecular complexity index is 476. The molecule has 2 aromatic heterocycles. The van der Waals surface area contributed by atoms with Crippen molar-refractivity contribution >= 4 is 5.97 Å². The van der Waals surface area contributed by atoms with Gasteiger partial charge in [-0.15, -0.1) is 0 Å². The van der Waals surface area contributed by atoms with E-state index in [-0.39, 0.29) is 11.3 Å². The van der Waals surface area contributed by atoms with Gasteiger partial charge in [0, 0.05) is 18.5 Å². The molecule has 82 valence electrons. The lowest BCUT2D eigenvalue weighted by molar-refractivity contribution is 0.0690. The van der Waals surface area contributed by atoms with Gasteiger partial charge in [-0.1, -0.05) is 12.1 Å². The quantitative estimate of drug-likeness (QED) is 0.752. The summed E-state index contributed by atoms with van der Waals surface area (Å²) in [4.78, 5) is 26.4. The number of aromatic carboxylic acids is 1. The van der Waals surface area contributed by atoms with Crippen molar-refractivity contribution in [1.29, 1.82) is 0 Å². The number of carboxylic acids is 1. The highest BCUT2D eigenvalue weighted by molar-refractivity contribution is 5.85. The Labute approximate surface area is 91.4 Å². The molecule has 0 aromatic carbocycles. The number of hydrogen-bond donors (Lipinski definition) is 2. The first-order valence-electron chi connectivity index (χ1n) is 4.48. The molecule has 5 heteroatoms. The summed E-state index contributed by atoms with van der Waals surface area (Å²) in [6.07, 6.45) is 3.05. The van der Waals surface area contributed by atoms with Gasteiger partial charge in [0.1, 0.15) is 5.69 Å². The smallest absolute Gasteiger partial charge is 0.354 e. The van der Waals surface area contributed by atoms with E-state index in [9.17, 15) is 9.59 Å². The van der Waals surface area contributed by atoms with Gasteiger partial charge in [-0.25, -0.2) is 9.78 Å². The van der Waals surface area contributed by atoms with Crippen LogP contribution in [0.15, 0.2) is 53.6 Å². The maximum atomic E-state index is 10.2. The van der Waals surface area contributed by atoms with Crippen LogP contribution in [0.5, 0.6) is 0 Å². The number of H-pyrrole nitrogens is 1. The van der Waals surface area contributed by atoms with Crippen LogP contribution in [0.3, 0.4) is 0 Å². The molecule has 0 radical (unpaired) electrons. The molecule has 16 heavy (non-hydrogen) atoms. The summed E-state index contributed by atoms with van der Waals surface area (Å²) < 4.78 is 0. The van der Waals surface area contributed by atoms with E-state index in [2.05, 4.69) is 9.97 Å². The molecule has 0 aliphatic rings. The van der Waals surface area contributed by atoms with E-state index < -0.39 is 5.97 Å². The molecule has 0 fully saturated rings. The summed E-state index contributed by atoms with van der Waals surface area (Å²) in [6, 6.07) is 9.69. The highest BCUT2D eigenvalue weighted by atomic mass is 16.4. The minimum Gasteiger partial charge on any atom is -0.477 e. The minimum atomic E-state index is -0.990. The van der Waals surface area contributed by atoms with E-state index in [0.717, 1.165) is 0 Å². The van der Waals surface area contributed by atoms with Crippen LogP contribution in [0.2, 0.25) is 0 Å². The fraction of sp³-hybridized carbons (Fsp3) is 0. The Hall–Kier alpha value is -2.43. The van der Waals surface area contributed by atoms with Crippen LogP contribution < -0.4 is 5.56 Å². The molecular formula is C11H10N2O3. The fourth-order valence-corrected chi connectivity index (χ4v) is 0.866. The number of pyridine rings is 2. The molecule has 0 aliphatic heterocycles. The van der Waals surface area contributed by atoms with E-state index in [1.807, 2.05) is 0 Å². The van der Waals surface area contributed by atoms with Crippen molar-refractivity contribution in [2.24, 2.45) is 0 Å². The van der Waals surface area contributed by atoms with Crippen LogP contribution in [0.1, 0.15) is 10.5 Å². The van der Waals surface area contributed by atoms with Gasteiger partial charge in [-0.2, -0.15) is 0 Å². The zero-order valence-corrected chi connectivity index (χ0v) is 8.33. The first-order chi connectivity index (χ1) is 7.70. The third-order valence-corrected chi connectivity index (χ3v) is 1.56. The van der Waals surface area contributed by atoms with E-state index in [0.29, 0.717) is 0 Å². The largest absolute Gasteiger partial charge is 0.477 e. The van der Waals surface area contributed by atoms with Crippen molar-refractivity contribution in [2.75, 3.05) is 0 Å². The van der Waals surface area contributed by atoms with Gasteiger partial charge in [0.05, 0.1) is 0 Å². The fourth-order valence-electron chi connectivity index (χ4n) is 0.866. The molecule has 0 aliphatic carbocycles. The summed E-state index contributed by atoms with van der Waals surface area (Å²) in [5, 5.41) is 8.32. The molecule has 0 saturated heterocycles. The molecule has 2 heterocycles. The van der Waals surface area contributed by atoms with Gasteiger partial charge in [-0.05, 0) is 18.2 Å². The minimum absolute atomic E-state index is 0.0532. The molecule has 0 saturated carbocycles. The van der Waals surface area contributed by atoms with E-state index in [1.54, 1.807) is 30.5 Å². The van der Waals surface area contributed by atoms with Gasteiger partial charge in [0.2, 0.25) is 5.56 Å². The Kier molecular flexibility index (Phi) is 4.46. The summed E-state index contributed by atoms with van der Waals surface area (Å²) >= 11 is 0. The number of nitrogens with zero attached hydrogens (tertiary/aromatic N) is 1. The Morgan fingerprint density at radius 1 is 1.19 bits per heavy atom. The molecule has 0 bridgehead atoms. The standard InChI is InChI=1S/C6H5NO2.C5H5NO/c8-6(9)5-3-1-2-4-7-5;7-5-3-1-2-4-6-5/h1-4H,(H,8,9);1-4H,(H,6,7). The van der Waals surface area contributed by atoms with Crippen LogP contribution in [0.25, 0.3) is 0 Å². The highest BCUT2D eigenvalue weighted by Crippen LogP contribution is 1.90. The van der Waals surface area contributed by atoms with E-state index >= 15 is 0 Å². The van der Waals surface area contributed by atoms with Gasteiger partial charge in [-0.3, -0.25) is 4.79 Å². The maximum absolute atomic E-state index is 10.2.